The fourth-order valence-corrected chi connectivity index (χ4v) is 0.963. The van der Waals surface area contributed by atoms with Gasteiger partial charge in [0, 0.05) is 19.1 Å². The van der Waals surface area contributed by atoms with Gasteiger partial charge in [-0.1, -0.05) is 0 Å². The van der Waals surface area contributed by atoms with Crippen molar-refractivity contribution in [3.8, 4) is 0 Å². The lowest BCUT2D eigenvalue weighted by atomic mass is 10.2. The molecule has 0 aromatic carbocycles. The summed E-state index contributed by atoms with van der Waals surface area (Å²) in [6.07, 6.45) is 0.212. The summed E-state index contributed by atoms with van der Waals surface area (Å²) in [5.41, 5.74) is 10.7. The fourth-order valence-electron chi connectivity index (χ4n) is 0.963. The van der Waals surface area contributed by atoms with Gasteiger partial charge < -0.3 is 21.6 Å². The van der Waals surface area contributed by atoms with Crippen LogP contribution < -0.4 is 17.3 Å². The molecule has 6 nitrogen and oxygen atoms in total. The Morgan fingerprint density at radius 1 is 1.43 bits per heavy atom. The maximum atomic E-state index is 10.8. The third-order valence-corrected chi connectivity index (χ3v) is 1.79. The minimum absolute atomic E-state index is 0.0190. The van der Waals surface area contributed by atoms with Crippen LogP contribution in [0.5, 0.6) is 0 Å². The van der Waals surface area contributed by atoms with Gasteiger partial charge in [0.25, 0.3) is 5.91 Å². The summed E-state index contributed by atoms with van der Waals surface area (Å²) in [5, 5.41) is 10.1. The van der Waals surface area contributed by atoms with Crippen molar-refractivity contribution in [3.05, 3.63) is 11.4 Å². The Morgan fingerprint density at radius 3 is 2.21 bits per heavy atom. The molecule has 0 aromatic rings. The molecular formula is C8H18N4O2. The van der Waals surface area contributed by atoms with Crippen LogP contribution in [0.15, 0.2) is 11.4 Å². The molecule has 0 unspecified atom stereocenters. The lowest BCUT2D eigenvalue weighted by molar-refractivity contribution is -0.114. The lowest BCUT2D eigenvalue weighted by Gasteiger charge is -2.26. The minimum Gasteiger partial charge on any atom is -0.396 e. The third kappa shape index (κ3) is 3.23. The minimum atomic E-state index is -0.732. The number of aliphatic hydroxyl groups excluding tert-OH is 1. The largest absolute Gasteiger partial charge is 0.396 e. The Hall–Kier alpha value is -1.27. The molecule has 82 valence electrons. The smallest absolute Gasteiger partial charge is 0.266 e. The molecule has 0 aliphatic rings. The van der Waals surface area contributed by atoms with Crippen molar-refractivity contribution in [1.82, 2.24) is 5.01 Å². The highest BCUT2D eigenvalue weighted by Crippen LogP contribution is 2.10. The summed E-state index contributed by atoms with van der Waals surface area (Å²) < 4.78 is 0. The first-order valence-corrected chi connectivity index (χ1v) is 4.35. The van der Waals surface area contributed by atoms with Crippen LogP contribution in [0.3, 0.4) is 0 Å². The monoisotopic (exact) mass is 202 g/mol. The van der Waals surface area contributed by atoms with Crippen molar-refractivity contribution in [2.45, 2.75) is 26.3 Å². The zero-order valence-corrected chi connectivity index (χ0v) is 8.53. The number of hydrogen-bond donors (Lipinski definition) is 4. The maximum absolute atomic E-state index is 10.8. The Labute approximate surface area is 83.3 Å². The Kier molecular flexibility index (Phi) is 4.96. The van der Waals surface area contributed by atoms with Crippen LogP contribution in [0.2, 0.25) is 0 Å². The van der Waals surface area contributed by atoms with E-state index < -0.39 is 5.91 Å². The average Bonchev–Trinajstić information content (AvgIpc) is 2.11. The number of carbonyl (C=O) groups excluding carboxylic acids is 1. The van der Waals surface area contributed by atoms with Gasteiger partial charge in [0.15, 0.2) is 0 Å². The van der Waals surface area contributed by atoms with Crippen LogP contribution in [0.4, 0.5) is 0 Å². The second-order valence-electron chi connectivity index (χ2n) is 3.20. The highest BCUT2D eigenvalue weighted by Gasteiger charge is 2.15. The van der Waals surface area contributed by atoms with E-state index in [1.807, 2.05) is 13.8 Å². The summed E-state index contributed by atoms with van der Waals surface area (Å²) in [6, 6.07) is -0.0190. The Bertz CT molecular complexity index is 237. The van der Waals surface area contributed by atoms with Crippen molar-refractivity contribution >= 4 is 5.91 Å². The zero-order valence-electron chi connectivity index (χ0n) is 8.53. The first kappa shape index (κ1) is 12.7. The number of hydrazine groups is 1. The summed E-state index contributed by atoms with van der Waals surface area (Å²) in [4.78, 5) is 10.8. The molecule has 0 aliphatic heterocycles. The summed E-state index contributed by atoms with van der Waals surface area (Å²) in [5.74, 6) is 4.93. The van der Waals surface area contributed by atoms with Gasteiger partial charge in [-0.05, 0) is 13.8 Å². The molecule has 0 heterocycles. The number of carbonyl (C=O) groups is 1. The number of rotatable bonds is 5. The van der Waals surface area contributed by atoms with Crippen LogP contribution in [0.1, 0.15) is 20.3 Å². The molecule has 7 N–H and O–H groups in total. The van der Waals surface area contributed by atoms with Crippen LogP contribution in [0.25, 0.3) is 0 Å². The van der Waals surface area contributed by atoms with E-state index in [0.717, 1.165) is 0 Å². The molecule has 0 rings (SSSR count). The molecule has 1 amide bonds. The molecule has 0 radical (unpaired) electrons. The Balaban J connectivity index is 4.92. The Morgan fingerprint density at radius 2 is 1.93 bits per heavy atom. The van der Waals surface area contributed by atoms with E-state index >= 15 is 0 Å². The predicted octanol–water partition coefficient (Wildman–Crippen LogP) is -1.39. The van der Waals surface area contributed by atoms with Gasteiger partial charge in [-0.2, -0.15) is 0 Å². The molecule has 0 fully saturated rings. The molecule has 0 bridgehead atoms. The van der Waals surface area contributed by atoms with Gasteiger partial charge in [-0.25, -0.2) is 5.84 Å². The summed E-state index contributed by atoms with van der Waals surface area (Å²) in [7, 11) is 0. The molecule has 6 heteroatoms. The predicted molar refractivity (Wildman–Crippen MR) is 53.3 cm³/mol. The number of aliphatic hydroxyl groups is 1. The van der Waals surface area contributed by atoms with Gasteiger partial charge in [0.2, 0.25) is 0 Å². The molecule has 0 aliphatic carbocycles. The van der Waals surface area contributed by atoms with Crippen LogP contribution in [0, 0.1) is 0 Å². The van der Waals surface area contributed by atoms with E-state index in [1.54, 1.807) is 0 Å². The van der Waals surface area contributed by atoms with Gasteiger partial charge in [-0.3, -0.25) is 4.79 Å². The molecule has 0 spiro atoms. The SMILES string of the molecule is CC(C)N(N)/C(CCO)=C(\N)C(N)=O. The number of nitrogens with zero attached hydrogens (tertiary/aromatic N) is 1. The maximum Gasteiger partial charge on any atom is 0.266 e. The van der Waals surface area contributed by atoms with Crippen molar-refractivity contribution in [2.75, 3.05) is 6.61 Å². The van der Waals surface area contributed by atoms with E-state index in [4.69, 9.17) is 22.4 Å². The lowest BCUT2D eigenvalue weighted by Crippen LogP contribution is -2.40. The molecule has 0 saturated heterocycles. The van der Waals surface area contributed by atoms with Crippen molar-refractivity contribution < 1.29 is 9.90 Å². The summed E-state index contributed by atoms with van der Waals surface area (Å²) >= 11 is 0. The van der Waals surface area contributed by atoms with Gasteiger partial charge >= 0.3 is 0 Å². The second-order valence-corrected chi connectivity index (χ2v) is 3.20. The quantitative estimate of drug-likeness (QED) is 0.248. The third-order valence-electron chi connectivity index (χ3n) is 1.79. The van der Waals surface area contributed by atoms with Gasteiger partial charge in [0.05, 0.1) is 5.70 Å². The van der Waals surface area contributed by atoms with E-state index in [-0.39, 0.29) is 24.8 Å². The molecule has 14 heavy (non-hydrogen) atoms. The normalized spacial score (nSPS) is 12.6. The molecule has 0 aromatic heterocycles. The number of hydrogen-bond acceptors (Lipinski definition) is 5. The first-order valence-electron chi connectivity index (χ1n) is 4.35. The summed E-state index contributed by atoms with van der Waals surface area (Å²) in [6.45, 7) is 3.54. The number of amides is 1. The highest BCUT2D eigenvalue weighted by atomic mass is 16.3. The fraction of sp³-hybridized carbons (Fsp3) is 0.625. The molecular weight excluding hydrogens is 184 g/mol. The van der Waals surface area contributed by atoms with E-state index in [0.29, 0.717) is 5.70 Å². The first-order chi connectivity index (χ1) is 6.41. The molecule has 0 atom stereocenters. The van der Waals surface area contributed by atoms with Crippen molar-refractivity contribution in [3.63, 3.8) is 0 Å². The van der Waals surface area contributed by atoms with E-state index in [9.17, 15) is 4.79 Å². The van der Waals surface area contributed by atoms with Crippen LogP contribution >= 0.6 is 0 Å². The topological polar surface area (TPSA) is 119 Å². The van der Waals surface area contributed by atoms with Crippen molar-refractivity contribution in [2.24, 2.45) is 17.3 Å². The van der Waals surface area contributed by atoms with Gasteiger partial charge in [0.1, 0.15) is 5.70 Å². The standard InChI is InChI=1S/C8H18N4O2/c1-5(2)12(11)6(3-4-13)7(9)8(10)14/h5,13H,3-4,9,11H2,1-2H3,(H2,10,14)/b7-6-. The zero-order chi connectivity index (χ0) is 11.3. The number of nitrogens with two attached hydrogens (primary N) is 3. The van der Waals surface area contributed by atoms with E-state index in [2.05, 4.69) is 0 Å². The highest BCUT2D eigenvalue weighted by molar-refractivity contribution is 5.91. The average molecular weight is 202 g/mol. The van der Waals surface area contributed by atoms with E-state index in [1.165, 1.54) is 5.01 Å². The van der Waals surface area contributed by atoms with Crippen molar-refractivity contribution in [1.29, 1.82) is 0 Å². The second kappa shape index (κ2) is 5.46. The molecule has 0 saturated carbocycles. The number of primary amides is 1. The van der Waals surface area contributed by atoms with Gasteiger partial charge in [-0.15, -0.1) is 0 Å². The van der Waals surface area contributed by atoms with Crippen LogP contribution in [-0.2, 0) is 4.79 Å². The van der Waals surface area contributed by atoms with Crippen LogP contribution in [-0.4, -0.2) is 28.7 Å².